The van der Waals surface area contributed by atoms with Gasteiger partial charge in [-0.2, -0.15) is 0 Å². The minimum absolute atomic E-state index is 0.185. The van der Waals surface area contributed by atoms with Crippen LogP contribution < -0.4 is 0 Å². The van der Waals surface area contributed by atoms with E-state index in [0.29, 0.717) is 0 Å². The lowest BCUT2D eigenvalue weighted by Crippen LogP contribution is -2.20. The minimum atomic E-state index is -0.185. The molecule has 2 nitrogen and oxygen atoms in total. The fraction of sp³-hybridized carbons (Fsp3) is 0.333. The van der Waals surface area contributed by atoms with Gasteiger partial charge in [0.25, 0.3) is 0 Å². The Labute approximate surface area is 84.2 Å². The van der Waals surface area contributed by atoms with Crippen molar-refractivity contribution in [2.24, 2.45) is 0 Å². The molecule has 0 saturated heterocycles. The maximum atomic E-state index is 5.27. The zero-order valence-electron chi connectivity index (χ0n) is 8.44. The first-order valence-electron chi connectivity index (χ1n) is 4.69. The Morgan fingerprint density at radius 1 is 1.14 bits per heavy atom. The molecule has 0 saturated carbocycles. The van der Waals surface area contributed by atoms with Gasteiger partial charge >= 0.3 is 0 Å². The van der Waals surface area contributed by atoms with E-state index >= 15 is 0 Å². The molecule has 0 amide bonds. The number of hydrogen-bond donors (Lipinski definition) is 0. The Bertz CT molecular complexity index is 340. The van der Waals surface area contributed by atoms with E-state index in [2.05, 4.69) is 24.3 Å². The highest BCUT2D eigenvalue weighted by atomic mass is 16.7. The van der Waals surface area contributed by atoms with Crippen molar-refractivity contribution in [1.82, 2.24) is 0 Å². The molecule has 1 unspecified atom stereocenters. The van der Waals surface area contributed by atoms with Gasteiger partial charge in [-0.15, -0.1) is 0 Å². The molecule has 0 radical (unpaired) electrons. The van der Waals surface area contributed by atoms with Crippen molar-refractivity contribution in [3.8, 4) is 0 Å². The first kappa shape index (κ1) is 9.44. The van der Waals surface area contributed by atoms with Crippen LogP contribution in [0.1, 0.15) is 17.0 Å². The molecule has 1 aliphatic rings. The van der Waals surface area contributed by atoms with E-state index in [1.54, 1.807) is 14.2 Å². The van der Waals surface area contributed by atoms with E-state index < -0.39 is 0 Å². The molecule has 0 bridgehead atoms. The van der Waals surface area contributed by atoms with Crippen LogP contribution >= 0.6 is 0 Å². The monoisotopic (exact) mass is 190 g/mol. The van der Waals surface area contributed by atoms with Crippen molar-refractivity contribution in [3.05, 3.63) is 41.5 Å². The fourth-order valence-corrected chi connectivity index (χ4v) is 1.90. The maximum Gasteiger partial charge on any atom is 0.167 e. The summed E-state index contributed by atoms with van der Waals surface area (Å²) >= 11 is 0. The van der Waals surface area contributed by atoms with Gasteiger partial charge < -0.3 is 9.47 Å². The normalized spacial score (nSPS) is 18.9. The SMILES string of the molecule is COC(OC)C1C=Cc2ccccc21. The summed E-state index contributed by atoms with van der Waals surface area (Å²) in [5.74, 6) is 0.223. The van der Waals surface area contributed by atoms with E-state index in [0.717, 1.165) is 0 Å². The molecule has 0 fully saturated rings. The molecule has 0 heterocycles. The number of ether oxygens (including phenoxy) is 2. The van der Waals surface area contributed by atoms with Gasteiger partial charge in [0.05, 0.1) is 5.92 Å². The Morgan fingerprint density at radius 2 is 1.86 bits per heavy atom. The van der Waals surface area contributed by atoms with Crippen LogP contribution in [0.3, 0.4) is 0 Å². The number of rotatable bonds is 3. The van der Waals surface area contributed by atoms with Crippen molar-refractivity contribution in [3.63, 3.8) is 0 Å². The van der Waals surface area contributed by atoms with Crippen LogP contribution in [0.4, 0.5) is 0 Å². The third kappa shape index (κ3) is 1.47. The molecule has 1 atom stereocenters. The van der Waals surface area contributed by atoms with Crippen LogP contribution in [0.2, 0.25) is 0 Å². The Hall–Kier alpha value is -1.12. The molecule has 1 aromatic rings. The van der Waals surface area contributed by atoms with Crippen LogP contribution in [-0.2, 0) is 9.47 Å². The molecule has 14 heavy (non-hydrogen) atoms. The largest absolute Gasteiger partial charge is 0.355 e. The average Bonchev–Trinajstić information content (AvgIpc) is 2.65. The van der Waals surface area contributed by atoms with Gasteiger partial charge in [0.15, 0.2) is 6.29 Å². The fourth-order valence-electron chi connectivity index (χ4n) is 1.90. The van der Waals surface area contributed by atoms with Crippen LogP contribution in [-0.4, -0.2) is 20.5 Å². The second kappa shape index (κ2) is 3.95. The minimum Gasteiger partial charge on any atom is -0.355 e. The smallest absolute Gasteiger partial charge is 0.167 e. The number of benzene rings is 1. The van der Waals surface area contributed by atoms with E-state index in [9.17, 15) is 0 Å². The Kier molecular flexibility index (Phi) is 2.66. The molecule has 0 spiro atoms. The summed E-state index contributed by atoms with van der Waals surface area (Å²) in [6.07, 6.45) is 4.06. The molecule has 0 N–H and O–H groups in total. The van der Waals surface area contributed by atoms with Crippen molar-refractivity contribution in [2.45, 2.75) is 12.2 Å². The van der Waals surface area contributed by atoms with E-state index in [4.69, 9.17) is 9.47 Å². The lowest BCUT2D eigenvalue weighted by Gasteiger charge is -2.20. The third-order valence-corrected chi connectivity index (χ3v) is 2.60. The van der Waals surface area contributed by atoms with Crippen molar-refractivity contribution < 1.29 is 9.47 Å². The van der Waals surface area contributed by atoms with Gasteiger partial charge in [0.2, 0.25) is 0 Å². The van der Waals surface area contributed by atoms with Gasteiger partial charge in [0, 0.05) is 14.2 Å². The first-order valence-corrected chi connectivity index (χ1v) is 4.69. The summed E-state index contributed by atoms with van der Waals surface area (Å²) in [4.78, 5) is 0. The number of methoxy groups -OCH3 is 2. The number of fused-ring (bicyclic) bond motifs is 1. The Morgan fingerprint density at radius 3 is 2.57 bits per heavy atom. The topological polar surface area (TPSA) is 18.5 Å². The number of hydrogen-bond acceptors (Lipinski definition) is 2. The molecule has 1 aromatic carbocycles. The predicted molar refractivity (Wildman–Crippen MR) is 56.0 cm³/mol. The average molecular weight is 190 g/mol. The van der Waals surface area contributed by atoms with E-state index in [1.165, 1.54) is 11.1 Å². The van der Waals surface area contributed by atoms with Gasteiger partial charge in [-0.25, -0.2) is 0 Å². The van der Waals surface area contributed by atoms with E-state index in [1.807, 2.05) is 12.1 Å². The molecular weight excluding hydrogens is 176 g/mol. The van der Waals surface area contributed by atoms with Gasteiger partial charge in [-0.05, 0) is 11.1 Å². The summed E-state index contributed by atoms with van der Waals surface area (Å²) in [5, 5.41) is 0. The van der Waals surface area contributed by atoms with Gasteiger partial charge in [-0.3, -0.25) is 0 Å². The zero-order chi connectivity index (χ0) is 9.97. The van der Waals surface area contributed by atoms with Crippen LogP contribution in [0.25, 0.3) is 6.08 Å². The van der Waals surface area contributed by atoms with Crippen LogP contribution in [0.15, 0.2) is 30.3 Å². The summed E-state index contributed by atoms with van der Waals surface area (Å²) < 4.78 is 10.5. The second-order valence-corrected chi connectivity index (χ2v) is 3.35. The lowest BCUT2D eigenvalue weighted by atomic mass is 10.0. The standard InChI is InChI=1S/C12H14O2/c1-13-12(14-2)11-8-7-9-5-3-4-6-10(9)11/h3-8,11-12H,1-2H3. The summed E-state index contributed by atoms with van der Waals surface area (Å²) in [6, 6.07) is 8.31. The van der Waals surface area contributed by atoms with Gasteiger partial charge in [-0.1, -0.05) is 36.4 Å². The molecule has 0 aliphatic heterocycles. The summed E-state index contributed by atoms with van der Waals surface area (Å²) in [5.41, 5.74) is 2.54. The molecule has 2 rings (SSSR count). The van der Waals surface area contributed by atoms with Crippen LogP contribution in [0.5, 0.6) is 0 Å². The highest BCUT2D eigenvalue weighted by Gasteiger charge is 2.25. The highest BCUT2D eigenvalue weighted by Crippen LogP contribution is 2.33. The molecule has 2 heteroatoms. The highest BCUT2D eigenvalue weighted by molar-refractivity contribution is 5.62. The molecule has 74 valence electrons. The molecular formula is C12H14O2. The van der Waals surface area contributed by atoms with Gasteiger partial charge in [0.1, 0.15) is 0 Å². The quantitative estimate of drug-likeness (QED) is 0.681. The van der Waals surface area contributed by atoms with Crippen molar-refractivity contribution >= 4 is 6.08 Å². The third-order valence-electron chi connectivity index (χ3n) is 2.60. The Balaban J connectivity index is 2.29. The maximum absolute atomic E-state index is 5.27. The van der Waals surface area contributed by atoms with Crippen LogP contribution in [0, 0.1) is 0 Å². The van der Waals surface area contributed by atoms with Crippen molar-refractivity contribution in [2.75, 3.05) is 14.2 Å². The van der Waals surface area contributed by atoms with Crippen molar-refractivity contribution in [1.29, 1.82) is 0 Å². The zero-order valence-corrected chi connectivity index (χ0v) is 8.44. The molecule has 1 aliphatic carbocycles. The second-order valence-electron chi connectivity index (χ2n) is 3.35. The summed E-state index contributed by atoms with van der Waals surface area (Å²) in [6.45, 7) is 0. The predicted octanol–water partition coefficient (Wildman–Crippen LogP) is 2.42. The van der Waals surface area contributed by atoms with E-state index in [-0.39, 0.29) is 12.2 Å². The lowest BCUT2D eigenvalue weighted by molar-refractivity contribution is -0.109. The summed E-state index contributed by atoms with van der Waals surface area (Å²) in [7, 11) is 3.34. The molecule has 0 aromatic heterocycles. The first-order chi connectivity index (χ1) is 6.86.